The van der Waals surface area contributed by atoms with Crippen molar-refractivity contribution in [1.82, 2.24) is 0 Å². The molecule has 31 heavy (non-hydrogen) atoms. The predicted octanol–water partition coefficient (Wildman–Crippen LogP) is 6.11. The lowest BCUT2D eigenvalue weighted by atomic mass is 9.74. The Morgan fingerprint density at radius 3 is 2.35 bits per heavy atom. The number of amides is 1. The lowest BCUT2D eigenvalue weighted by Gasteiger charge is -2.40. The van der Waals surface area contributed by atoms with Gasteiger partial charge < -0.3 is 14.9 Å². The maximum atomic E-state index is 11.4. The normalized spacial score (nSPS) is 14.5. The summed E-state index contributed by atoms with van der Waals surface area (Å²) in [7, 11) is 0. The highest BCUT2D eigenvalue weighted by atomic mass is 16.6. The van der Waals surface area contributed by atoms with E-state index in [-0.39, 0.29) is 0 Å². The van der Waals surface area contributed by atoms with Crippen LogP contribution in [0.5, 0.6) is 0 Å². The van der Waals surface area contributed by atoms with Crippen LogP contribution in [0.1, 0.15) is 30.4 Å². The smallest absolute Gasteiger partial charge is 0.405 e. The molecule has 1 aromatic heterocycles. The van der Waals surface area contributed by atoms with Crippen LogP contribution in [0.25, 0.3) is 33.4 Å². The number of nitrogens with two attached hydrogens (primary N) is 1. The topological polar surface area (TPSA) is 89.2 Å². The zero-order valence-electron chi connectivity index (χ0n) is 16.8. The molecule has 1 saturated carbocycles. The van der Waals surface area contributed by atoms with E-state index in [9.17, 15) is 10.1 Å². The van der Waals surface area contributed by atoms with Crippen molar-refractivity contribution in [3.05, 3.63) is 83.9 Å². The van der Waals surface area contributed by atoms with Crippen LogP contribution in [0, 0.1) is 11.3 Å². The van der Waals surface area contributed by atoms with Crippen LogP contribution in [0.2, 0.25) is 0 Å². The van der Waals surface area contributed by atoms with E-state index in [1.807, 2.05) is 66.7 Å². The highest BCUT2D eigenvalue weighted by Crippen LogP contribution is 2.46. The van der Waals surface area contributed by atoms with E-state index >= 15 is 0 Å². The molecule has 1 fully saturated rings. The lowest BCUT2D eigenvalue weighted by molar-refractivity contribution is -0.0489. The maximum Gasteiger partial charge on any atom is 0.405 e. The fourth-order valence-electron chi connectivity index (χ4n) is 4.33. The van der Waals surface area contributed by atoms with E-state index in [0.717, 1.165) is 58.2 Å². The minimum Gasteiger partial charge on any atom is -0.455 e. The van der Waals surface area contributed by atoms with E-state index in [4.69, 9.17) is 14.9 Å². The van der Waals surface area contributed by atoms with Gasteiger partial charge >= 0.3 is 6.09 Å². The van der Waals surface area contributed by atoms with Gasteiger partial charge in [0.1, 0.15) is 16.9 Å². The Labute approximate surface area is 179 Å². The molecule has 5 heteroatoms. The third-order valence-corrected chi connectivity index (χ3v) is 6.01. The van der Waals surface area contributed by atoms with E-state index in [0.29, 0.717) is 5.56 Å². The summed E-state index contributed by atoms with van der Waals surface area (Å²) in [4.78, 5) is 11.4. The van der Waals surface area contributed by atoms with E-state index in [2.05, 4.69) is 6.07 Å². The third kappa shape index (κ3) is 3.23. The number of rotatable bonds is 4. The summed E-state index contributed by atoms with van der Waals surface area (Å²) in [6, 6.07) is 25.6. The van der Waals surface area contributed by atoms with Crippen molar-refractivity contribution in [2.24, 2.45) is 5.73 Å². The van der Waals surface area contributed by atoms with Gasteiger partial charge in [-0.05, 0) is 48.6 Å². The first-order valence-corrected chi connectivity index (χ1v) is 10.2. The van der Waals surface area contributed by atoms with Crippen LogP contribution < -0.4 is 5.73 Å². The second kappa shape index (κ2) is 7.33. The van der Waals surface area contributed by atoms with Gasteiger partial charge in [-0.1, -0.05) is 54.6 Å². The minimum atomic E-state index is -0.749. The van der Waals surface area contributed by atoms with Crippen molar-refractivity contribution in [2.75, 3.05) is 0 Å². The maximum absolute atomic E-state index is 11.4. The number of hydrogen-bond donors (Lipinski definition) is 1. The lowest BCUT2D eigenvalue weighted by Crippen LogP contribution is -2.40. The molecular weight excluding hydrogens is 388 g/mol. The number of furan rings is 1. The molecule has 1 heterocycles. The van der Waals surface area contributed by atoms with Gasteiger partial charge in [0.25, 0.3) is 0 Å². The largest absolute Gasteiger partial charge is 0.455 e. The number of benzene rings is 3. The van der Waals surface area contributed by atoms with Crippen molar-refractivity contribution in [1.29, 1.82) is 5.26 Å². The number of fused-ring (bicyclic) bond motifs is 1. The van der Waals surface area contributed by atoms with Crippen LogP contribution in [0.3, 0.4) is 0 Å². The van der Waals surface area contributed by atoms with Gasteiger partial charge in [0, 0.05) is 16.5 Å². The van der Waals surface area contributed by atoms with Gasteiger partial charge in [0.15, 0.2) is 0 Å². The number of hydrogen-bond acceptors (Lipinski definition) is 4. The number of carbonyl (C=O) groups excluding carboxylic acids is 1. The van der Waals surface area contributed by atoms with Crippen molar-refractivity contribution >= 4 is 17.1 Å². The van der Waals surface area contributed by atoms with Crippen molar-refractivity contribution < 1.29 is 13.9 Å². The van der Waals surface area contributed by atoms with Crippen LogP contribution >= 0.6 is 0 Å². The zero-order chi connectivity index (χ0) is 21.4. The number of carbonyl (C=O) groups is 1. The molecule has 3 aromatic carbocycles. The highest BCUT2D eigenvalue weighted by Gasteiger charge is 2.42. The third-order valence-electron chi connectivity index (χ3n) is 6.01. The highest BCUT2D eigenvalue weighted by molar-refractivity contribution is 6.02. The molecule has 1 aliphatic carbocycles. The average Bonchev–Trinajstić information content (AvgIpc) is 3.15. The Morgan fingerprint density at radius 2 is 1.74 bits per heavy atom. The molecular formula is C26H20N2O3. The van der Waals surface area contributed by atoms with Gasteiger partial charge in [-0.2, -0.15) is 5.26 Å². The molecule has 0 aliphatic heterocycles. The van der Waals surface area contributed by atoms with E-state index in [1.165, 1.54) is 0 Å². The summed E-state index contributed by atoms with van der Waals surface area (Å²) >= 11 is 0. The second-order valence-corrected chi connectivity index (χ2v) is 7.84. The molecule has 2 N–H and O–H groups in total. The summed E-state index contributed by atoms with van der Waals surface area (Å²) in [6.07, 6.45) is 1.79. The molecule has 5 nitrogen and oxygen atoms in total. The van der Waals surface area contributed by atoms with Gasteiger partial charge in [0.05, 0.1) is 11.6 Å². The van der Waals surface area contributed by atoms with Crippen LogP contribution in [0.4, 0.5) is 4.79 Å². The molecule has 5 rings (SSSR count). The number of nitriles is 1. The Morgan fingerprint density at radius 1 is 1.00 bits per heavy atom. The monoisotopic (exact) mass is 408 g/mol. The Hall–Kier alpha value is -4.04. The molecule has 0 saturated heterocycles. The predicted molar refractivity (Wildman–Crippen MR) is 118 cm³/mol. The molecule has 0 spiro atoms. The first kappa shape index (κ1) is 19.0. The first-order valence-electron chi connectivity index (χ1n) is 10.2. The Balaban J connectivity index is 1.64. The van der Waals surface area contributed by atoms with Crippen molar-refractivity contribution in [3.8, 4) is 28.5 Å². The van der Waals surface area contributed by atoms with E-state index < -0.39 is 11.7 Å². The average molecular weight is 408 g/mol. The van der Waals surface area contributed by atoms with Gasteiger partial charge in [0.2, 0.25) is 0 Å². The molecule has 1 aliphatic rings. The first-order chi connectivity index (χ1) is 15.1. The molecule has 0 radical (unpaired) electrons. The number of primary amides is 1. The number of nitrogens with zero attached hydrogens (tertiary/aromatic N) is 1. The summed E-state index contributed by atoms with van der Waals surface area (Å²) in [6.45, 7) is 0. The van der Waals surface area contributed by atoms with Crippen LogP contribution in [-0.4, -0.2) is 6.09 Å². The fourth-order valence-corrected chi connectivity index (χ4v) is 4.33. The van der Waals surface area contributed by atoms with Crippen LogP contribution in [-0.2, 0) is 10.3 Å². The number of ether oxygens (including phenoxy) is 1. The zero-order valence-corrected chi connectivity index (χ0v) is 16.8. The molecule has 0 unspecified atom stereocenters. The quantitative estimate of drug-likeness (QED) is 0.441. The Kier molecular flexibility index (Phi) is 4.48. The molecule has 4 aromatic rings. The Bertz CT molecular complexity index is 1310. The minimum absolute atomic E-state index is 0.586. The molecule has 0 bridgehead atoms. The molecule has 1 amide bonds. The molecule has 0 atom stereocenters. The standard InChI is InChI=1S/C26H20N2O3/c27-16-17-7-12-22-21(15-17)23(18-5-2-1-3-6-18)24(30-22)19-8-10-20(11-9-19)26(13-4-14-26)31-25(28)29/h1-3,5-12,15H,4,13-14H2,(H2,28,29). The van der Waals surface area contributed by atoms with Gasteiger partial charge in [-0.25, -0.2) is 4.79 Å². The van der Waals surface area contributed by atoms with Gasteiger partial charge in [-0.3, -0.25) is 0 Å². The fraction of sp³-hybridized carbons (Fsp3) is 0.154. The summed E-state index contributed by atoms with van der Waals surface area (Å²) < 4.78 is 11.7. The van der Waals surface area contributed by atoms with Gasteiger partial charge in [-0.15, -0.1) is 0 Å². The summed E-state index contributed by atoms with van der Waals surface area (Å²) in [5.74, 6) is 0.737. The summed E-state index contributed by atoms with van der Waals surface area (Å²) in [5.41, 5.74) is 9.80. The van der Waals surface area contributed by atoms with Crippen molar-refractivity contribution in [3.63, 3.8) is 0 Å². The van der Waals surface area contributed by atoms with E-state index in [1.54, 1.807) is 6.07 Å². The summed E-state index contributed by atoms with van der Waals surface area (Å²) in [5, 5.41) is 10.3. The molecule has 152 valence electrons. The van der Waals surface area contributed by atoms with Crippen LogP contribution in [0.15, 0.2) is 77.2 Å². The van der Waals surface area contributed by atoms with Crippen molar-refractivity contribution in [2.45, 2.75) is 24.9 Å². The SMILES string of the molecule is N#Cc1ccc2oc(-c3ccc(C4(OC(N)=O)CCC4)cc3)c(-c3ccccc3)c2c1. The second-order valence-electron chi connectivity index (χ2n) is 7.84.